The van der Waals surface area contributed by atoms with Gasteiger partial charge in [-0.05, 0) is 97.2 Å². The lowest BCUT2D eigenvalue weighted by molar-refractivity contribution is -0.498. The van der Waals surface area contributed by atoms with Crippen LogP contribution in [-0.4, -0.2) is 44.6 Å². The lowest BCUT2D eigenvalue weighted by Gasteiger charge is -2.65. The molecule has 4 rings (SSSR count). The summed E-state index contributed by atoms with van der Waals surface area (Å²) in [6, 6.07) is 0. The van der Waals surface area contributed by atoms with Crippen LogP contribution in [0, 0.1) is 57.7 Å². The van der Waals surface area contributed by atoms with Crippen molar-refractivity contribution < 1.29 is 24.2 Å². The molecule has 0 saturated heterocycles. The Morgan fingerprint density at radius 1 is 1.05 bits per heavy atom. The molecule has 0 aromatic rings. The molecular formula is C30H54N2O5. The van der Waals surface area contributed by atoms with Gasteiger partial charge in [0.25, 0.3) is 0 Å². The maximum Gasteiger partial charge on any atom is 0.412 e. The van der Waals surface area contributed by atoms with Crippen molar-refractivity contribution in [3.63, 3.8) is 0 Å². The summed E-state index contributed by atoms with van der Waals surface area (Å²) in [4.78, 5) is 0. The van der Waals surface area contributed by atoms with Crippen molar-refractivity contribution in [2.45, 2.75) is 111 Å². The molecule has 0 heterocycles. The van der Waals surface area contributed by atoms with Gasteiger partial charge in [0.05, 0.1) is 6.10 Å². The van der Waals surface area contributed by atoms with Gasteiger partial charge in [0, 0.05) is 27.8 Å². The Morgan fingerprint density at radius 2 is 1.76 bits per heavy atom. The molecule has 0 spiro atoms. The fourth-order valence-corrected chi connectivity index (χ4v) is 10.4. The molecule has 0 aliphatic heterocycles. The molecule has 0 aromatic carbocycles. The van der Waals surface area contributed by atoms with E-state index in [4.69, 9.17) is 29.6 Å². The standard InChI is InChI=1S/C30H54N2O5/c1-8-20-17-21-24-14-13-22(19(2)12-15-26(31)32-33)29(24,4)18-25(37-30(34-5,35-6)36-7)27(21)28(3)16-10-9-11-23(20)28/h19-25,27,33H,8-18H2,1-7H3,(H2,31,32)/t19-,20+,21+,22-,23+,24+,25+,27-,28+,29-/m1/s1. The Kier molecular flexibility index (Phi) is 9.02. The molecule has 10 atom stereocenters. The lowest BCUT2D eigenvalue weighted by atomic mass is 9.41. The van der Waals surface area contributed by atoms with Gasteiger partial charge in [0.2, 0.25) is 0 Å². The number of hydrogen-bond acceptors (Lipinski definition) is 6. The average Bonchev–Trinajstić information content (AvgIpc) is 3.25. The van der Waals surface area contributed by atoms with Gasteiger partial charge >= 0.3 is 6.16 Å². The molecule has 4 aliphatic rings. The van der Waals surface area contributed by atoms with Gasteiger partial charge in [0.1, 0.15) is 5.84 Å². The van der Waals surface area contributed by atoms with Gasteiger partial charge in [-0.25, -0.2) is 0 Å². The smallest absolute Gasteiger partial charge is 0.307 e. The molecule has 0 aromatic heterocycles. The summed E-state index contributed by atoms with van der Waals surface area (Å²) < 4.78 is 24.0. The summed E-state index contributed by atoms with van der Waals surface area (Å²) in [6.07, 6.45) is 11.4. The number of fused-ring (bicyclic) bond motifs is 5. The zero-order valence-electron chi connectivity index (χ0n) is 24.5. The number of amidine groups is 1. The second kappa shape index (κ2) is 11.4. The van der Waals surface area contributed by atoms with Crippen LogP contribution in [0.4, 0.5) is 0 Å². The largest absolute Gasteiger partial charge is 0.412 e. The van der Waals surface area contributed by atoms with E-state index < -0.39 is 6.16 Å². The molecule has 0 amide bonds. The third-order valence-corrected chi connectivity index (χ3v) is 12.0. The molecule has 0 unspecified atom stereocenters. The summed E-state index contributed by atoms with van der Waals surface area (Å²) in [6.45, 7) is 9.87. The predicted molar refractivity (Wildman–Crippen MR) is 144 cm³/mol. The quantitative estimate of drug-likeness (QED) is 0.130. The molecule has 0 radical (unpaired) electrons. The van der Waals surface area contributed by atoms with E-state index in [2.05, 4.69) is 27.7 Å². The van der Waals surface area contributed by atoms with E-state index in [1.54, 1.807) is 21.3 Å². The third kappa shape index (κ3) is 5.01. The SMILES string of the molecule is CC[C@H]1C[C@@H]2[C@H]([C@@H](OC(OC)(OC)OC)C[C@]3(C)[C@@H]([C@H](C)CCC(=N)NO)CC[C@@H]23)[C@@]2(C)CCCC[C@@H]12. The molecule has 7 nitrogen and oxygen atoms in total. The van der Waals surface area contributed by atoms with Crippen molar-refractivity contribution >= 4 is 5.84 Å². The van der Waals surface area contributed by atoms with E-state index in [-0.39, 0.29) is 22.8 Å². The van der Waals surface area contributed by atoms with Crippen molar-refractivity contribution in [3.8, 4) is 0 Å². The van der Waals surface area contributed by atoms with E-state index in [0.29, 0.717) is 36.0 Å². The normalized spacial score (nSPS) is 42.4. The Hall–Kier alpha value is -0.730. The zero-order chi connectivity index (χ0) is 27.0. The van der Waals surface area contributed by atoms with Crippen LogP contribution in [0.1, 0.15) is 98.3 Å². The van der Waals surface area contributed by atoms with Crippen molar-refractivity contribution in [3.05, 3.63) is 0 Å². The molecule has 4 aliphatic carbocycles. The molecule has 0 bridgehead atoms. The van der Waals surface area contributed by atoms with Crippen LogP contribution < -0.4 is 5.48 Å². The molecule has 37 heavy (non-hydrogen) atoms. The fourth-order valence-electron chi connectivity index (χ4n) is 10.4. The number of nitrogens with one attached hydrogen (secondary N) is 2. The predicted octanol–water partition coefficient (Wildman–Crippen LogP) is 6.59. The Morgan fingerprint density at radius 3 is 2.38 bits per heavy atom. The highest BCUT2D eigenvalue weighted by molar-refractivity contribution is 5.77. The number of methoxy groups -OCH3 is 3. The van der Waals surface area contributed by atoms with E-state index in [1.165, 1.54) is 51.4 Å². The fraction of sp³-hybridized carbons (Fsp3) is 0.967. The van der Waals surface area contributed by atoms with Crippen LogP contribution >= 0.6 is 0 Å². The van der Waals surface area contributed by atoms with Crippen molar-refractivity contribution in [1.29, 1.82) is 5.41 Å². The minimum Gasteiger partial charge on any atom is -0.307 e. The minimum atomic E-state index is -1.48. The summed E-state index contributed by atoms with van der Waals surface area (Å²) in [5.41, 5.74) is 2.44. The maximum atomic E-state index is 9.13. The number of hydroxylamine groups is 1. The topological polar surface area (TPSA) is 93.0 Å². The van der Waals surface area contributed by atoms with Gasteiger partial charge in [-0.3, -0.25) is 20.8 Å². The maximum absolute atomic E-state index is 9.13. The Balaban J connectivity index is 1.71. The molecular weight excluding hydrogens is 468 g/mol. The molecule has 4 fully saturated rings. The van der Waals surface area contributed by atoms with E-state index in [1.807, 2.05) is 5.48 Å². The van der Waals surface area contributed by atoms with E-state index in [0.717, 1.165) is 24.7 Å². The van der Waals surface area contributed by atoms with Gasteiger partial charge < -0.3 is 14.2 Å². The first-order chi connectivity index (χ1) is 17.6. The Bertz CT molecular complexity index is 782. The van der Waals surface area contributed by atoms with E-state index in [9.17, 15) is 0 Å². The second-order valence-electron chi connectivity index (χ2n) is 13.3. The van der Waals surface area contributed by atoms with Crippen molar-refractivity contribution in [2.24, 2.45) is 52.3 Å². The minimum absolute atomic E-state index is 0.000266. The van der Waals surface area contributed by atoms with Crippen LogP contribution in [0.2, 0.25) is 0 Å². The van der Waals surface area contributed by atoms with Gasteiger partial charge in [-0.15, -0.1) is 0 Å². The van der Waals surface area contributed by atoms with Crippen LogP contribution in [0.5, 0.6) is 0 Å². The van der Waals surface area contributed by atoms with Gasteiger partial charge in [-0.2, -0.15) is 0 Å². The number of ether oxygens (including phenoxy) is 4. The highest BCUT2D eigenvalue weighted by atomic mass is 17.0. The van der Waals surface area contributed by atoms with Crippen LogP contribution in [0.15, 0.2) is 0 Å². The van der Waals surface area contributed by atoms with Crippen LogP contribution in [0.25, 0.3) is 0 Å². The van der Waals surface area contributed by atoms with Crippen molar-refractivity contribution in [2.75, 3.05) is 21.3 Å². The molecule has 4 saturated carbocycles. The highest BCUT2D eigenvalue weighted by Crippen LogP contribution is 2.70. The summed E-state index contributed by atoms with van der Waals surface area (Å²) in [5.74, 6) is 4.59. The first-order valence-electron chi connectivity index (χ1n) is 14.9. The first kappa shape index (κ1) is 29.3. The number of hydrogen-bond donors (Lipinski definition) is 3. The summed E-state index contributed by atoms with van der Waals surface area (Å²) in [7, 11) is 4.80. The second-order valence-corrected chi connectivity index (χ2v) is 13.3. The molecule has 3 N–H and O–H groups in total. The average molecular weight is 523 g/mol. The van der Waals surface area contributed by atoms with Crippen LogP contribution in [-0.2, 0) is 18.9 Å². The monoisotopic (exact) mass is 522 g/mol. The Labute approximate surface area is 225 Å². The lowest BCUT2D eigenvalue weighted by Crippen LogP contribution is -2.62. The zero-order valence-corrected chi connectivity index (χ0v) is 24.5. The van der Waals surface area contributed by atoms with Crippen LogP contribution in [0.3, 0.4) is 0 Å². The molecule has 7 heteroatoms. The first-order valence-corrected chi connectivity index (χ1v) is 14.9. The highest BCUT2D eigenvalue weighted by Gasteiger charge is 2.65. The number of rotatable bonds is 10. The van der Waals surface area contributed by atoms with Gasteiger partial charge in [0.15, 0.2) is 0 Å². The molecule has 214 valence electrons. The van der Waals surface area contributed by atoms with Gasteiger partial charge in [-0.1, -0.05) is 47.0 Å². The third-order valence-electron chi connectivity index (χ3n) is 12.0. The summed E-state index contributed by atoms with van der Waals surface area (Å²) >= 11 is 0. The van der Waals surface area contributed by atoms with E-state index >= 15 is 0 Å². The summed E-state index contributed by atoms with van der Waals surface area (Å²) in [5, 5.41) is 17.0. The van der Waals surface area contributed by atoms with Crippen molar-refractivity contribution in [1.82, 2.24) is 5.48 Å².